The monoisotopic (exact) mass is 484 g/mol. The molecule has 0 bridgehead atoms. The predicted octanol–water partition coefficient (Wildman–Crippen LogP) is 2.50. The first-order valence-corrected chi connectivity index (χ1v) is 11.9. The number of carbonyl (C=O) groups excluding carboxylic acids is 1. The molecule has 0 spiro atoms. The molecular weight excluding hydrogens is 459 g/mol. The molecule has 2 aromatic heterocycles. The van der Waals surface area contributed by atoms with Crippen molar-refractivity contribution >= 4 is 39.0 Å². The third kappa shape index (κ3) is 4.92. The molecule has 1 aromatic carbocycles. The number of ether oxygens (including phenoxy) is 1. The second-order valence-corrected chi connectivity index (χ2v) is 9.25. The fourth-order valence-electron chi connectivity index (χ4n) is 4.14. The lowest BCUT2D eigenvalue weighted by atomic mass is 10.1. The van der Waals surface area contributed by atoms with E-state index in [9.17, 15) is 9.18 Å². The van der Waals surface area contributed by atoms with Crippen molar-refractivity contribution in [1.29, 1.82) is 0 Å². The van der Waals surface area contributed by atoms with E-state index in [4.69, 9.17) is 4.74 Å². The highest BCUT2D eigenvalue weighted by atomic mass is 32.1. The number of benzene rings is 1. The third-order valence-electron chi connectivity index (χ3n) is 5.90. The van der Waals surface area contributed by atoms with Crippen molar-refractivity contribution in [3.8, 4) is 0 Å². The lowest BCUT2D eigenvalue weighted by Gasteiger charge is -2.36. The number of halogens is 1. The van der Waals surface area contributed by atoms with Gasteiger partial charge in [-0.2, -0.15) is 5.10 Å². The minimum Gasteiger partial charge on any atom is -0.367 e. The maximum Gasteiger partial charge on any atom is 0.259 e. The highest BCUT2D eigenvalue weighted by Gasteiger charge is 2.28. The normalized spacial score (nSPS) is 19.1. The van der Waals surface area contributed by atoms with Crippen LogP contribution in [-0.2, 0) is 9.53 Å². The van der Waals surface area contributed by atoms with Crippen molar-refractivity contribution in [3.63, 3.8) is 0 Å². The number of nitrogens with zero attached hydrogens (tertiary/aromatic N) is 6. The van der Waals surface area contributed by atoms with E-state index in [0.29, 0.717) is 28.9 Å². The molecule has 2 saturated heterocycles. The first-order chi connectivity index (χ1) is 16.6. The molecule has 2 aliphatic heterocycles. The molecule has 5 rings (SSSR count). The summed E-state index contributed by atoms with van der Waals surface area (Å²) in [5.74, 6) is 0.509. The maximum absolute atomic E-state index is 13.2. The summed E-state index contributed by atoms with van der Waals surface area (Å²) in [5, 5.41) is 23.6. The first kappa shape index (κ1) is 22.4. The second kappa shape index (κ2) is 9.85. The quantitative estimate of drug-likeness (QED) is 0.498. The number of methoxy groups -OCH3 is 1. The summed E-state index contributed by atoms with van der Waals surface area (Å²) >= 11 is 1.27. The van der Waals surface area contributed by atoms with Gasteiger partial charge in [-0.1, -0.05) is 23.5 Å². The number of nitrogens with one attached hydrogen (secondary N) is 2. The average molecular weight is 485 g/mol. The summed E-state index contributed by atoms with van der Waals surface area (Å²) in [7, 11) is 1.48. The summed E-state index contributed by atoms with van der Waals surface area (Å²) in [6.45, 7) is 2.38. The van der Waals surface area contributed by atoms with Crippen LogP contribution in [0.25, 0.3) is 0 Å². The molecule has 4 heterocycles. The Bertz CT molecular complexity index is 1130. The number of hydrogen-bond acceptors (Lipinski definition) is 10. The Kier molecular flexibility index (Phi) is 6.50. The highest BCUT2D eigenvalue weighted by molar-refractivity contribution is 7.19. The van der Waals surface area contributed by atoms with Gasteiger partial charge in [0.05, 0.1) is 13.1 Å². The molecule has 178 valence electrons. The van der Waals surface area contributed by atoms with Crippen LogP contribution in [0.2, 0.25) is 0 Å². The van der Waals surface area contributed by atoms with Crippen molar-refractivity contribution in [2.45, 2.75) is 24.7 Å². The molecule has 2 atom stereocenters. The number of alkyl halides is 1. The Hall–Kier alpha value is -3.38. The van der Waals surface area contributed by atoms with Gasteiger partial charge in [0, 0.05) is 38.1 Å². The molecule has 34 heavy (non-hydrogen) atoms. The predicted molar refractivity (Wildman–Crippen MR) is 128 cm³/mol. The molecule has 0 radical (unpaired) electrons. The van der Waals surface area contributed by atoms with Crippen LogP contribution in [0.15, 0.2) is 42.6 Å². The van der Waals surface area contributed by atoms with Crippen molar-refractivity contribution in [2.24, 2.45) is 0 Å². The number of anilines is 4. The zero-order valence-electron chi connectivity index (χ0n) is 18.6. The molecule has 10 nitrogen and oxygen atoms in total. The van der Waals surface area contributed by atoms with E-state index in [0.717, 1.165) is 31.0 Å². The summed E-state index contributed by atoms with van der Waals surface area (Å²) in [4.78, 5) is 17.0. The third-order valence-corrected chi connectivity index (χ3v) is 6.67. The number of amides is 1. The Morgan fingerprint density at radius 3 is 2.76 bits per heavy atom. The van der Waals surface area contributed by atoms with Crippen molar-refractivity contribution in [3.05, 3.63) is 48.2 Å². The van der Waals surface area contributed by atoms with Gasteiger partial charge in [-0.3, -0.25) is 10.1 Å². The molecule has 3 aromatic rings. The van der Waals surface area contributed by atoms with Crippen LogP contribution in [0.5, 0.6) is 0 Å². The standard InChI is InChI=1S/C22H25FN8O2S/c1-33-19(14-4-2-5-17(10-14)31-11-15(23)12-31)20(32)26-22-29-28-21(34-22)25-16-7-9-30(13-16)18-6-3-8-24-27-18/h2-6,8,10,15-16,19H,7,9,11-13H2,1H3,(H,25,28)(H,26,29,32)/t16-,19?/m1/s1. The Balaban J connectivity index is 1.18. The summed E-state index contributed by atoms with van der Waals surface area (Å²) in [6.07, 6.45) is 0.965. The van der Waals surface area contributed by atoms with Crippen molar-refractivity contribution < 1.29 is 13.9 Å². The van der Waals surface area contributed by atoms with Gasteiger partial charge in [0.2, 0.25) is 10.3 Å². The lowest BCUT2D eigenvalue weighted by Crippen LogP contribution is -2.48. The van der Waals surface area contributed by atoms with Gasteiger partial charge in [0.25, 0.3) is 5.91 Å². The highest BCUT2D eigenvalue weighted by Crippen LogP contribution is 2.29. The molecule has 0 aliphatic carbocycles. The van der Waals surface area contributed by atoms with Gasteiger partial charge in [0.1, 0.15) is 6.17 Å². The SMILES string of the molecule is COC(C(=O)Nc1nnc(N[C@@H]2CCN(c3cccnn3)C2)s1)c1cccc(N2CC(F)C2)c1. The lowest BCUT2D eigenvalue weighted by molar-refractivity contribution is -0.126. The molecule has 0 saturated carbocycles. The zero-order valence-corrected chi connectivity index (χ0v) is 19.4. The molecule has 2 N–H and O–H groups in total. The number of hydrogen-bond donors (Lipinski definition) is 2. The molecule has 12 heteroatoms. The molecule has 2 fully saturated rings. The summed E-state index contributed by atoms with van der Waals surface area (Å²) in [5.41, 5.74) is 1.56. The molecule has 2 aliphatic rings. The van der Waals surface area contributed by atoms with Gasteiger partial charge < -0.3 is 19.9 Å². The number of aromatic nitrogens is 4. The van der Waals surface area contributed by atoms with Gasteiger partial charge in [0.15, 0.2) is 11.9 Å². The summed E-state index contributed by atoms with van der Waals surface area (Å²) < 4.78 is 18.7. The van der Waals surface area contributed by atoms with Crippen LogP contribution in [0.1, 0.15) is 18.1 Å². The van der Waals surface area contributed by atoms with Gasteiger partial charge >= 0.3 is 0 Å². The number of carbonyl (C=O) groups is 1. The van der Waals surface area contributed by atoms with Crippen LogP contribution in [0, 0.1) is 0 Å². The van der Waals surface area contributed by atoms with E-state index in [-0.39, 0.29) is 11.9 Å². The summed E-state index contributed by atoms with van der Waals surface area (Å²) in [6, 6.07) is 11.4. The van der Waals surface area contributed by atoms with E-state index in [2.05, 4.69) is 35.9 Å². The average Bonchev–Trinajstić information content (AvgIpc) is 3.48. The minimum atomic E-state index is -0.821. The van der Waals surface area contributed by atoms with Crippen LogP contribution in [0.3, 0.4) is 0 Å². The number of rotatable bonds is 8. The van der Waals surface area contributed by atoms with Gasteiger partial charge in [-0.15, -0.1) is 15.3 Å². The smallest absolute Gasteiger partial charge is 0.259 e. The topological polar surface area (TPSA) is 108 Å². The van der Waals surface area contributed by atoms with E-state index in [1.54, 1.807) is 6.20 Å². The first-order valence-electron chi connectivity index (χ1n) is 11.0. The zero-order chi connectivity index (χ0) is 23.5. The van der Waals surface area contributed by atoms with E-state index in [1.807, 2.05) is 41.3 Å². The molecule has 1 amide bonds. The van der Waals surface area contributed by atoms with Crippen molar-refractivity contribution in [1.82, 2.24) is 20.4 Å². The maximum atomic E-state index is 13.2. The van der Waals surface area contributed by atoms with Crippen LogP contribution >= 0.6 is 11.3 Å². The Labute approximate surface area is 200 Å². The van der Waals surface area contributed by atoms with Gasteiger partial charge in [-0.25, -0.2) is 4.39 Å². The van der Waals surface area contributed by atoms with Crippen LogP contribution in [-0.4, -0.2) is 71.8 Å². The fourth-order valence-corrected chi connectivity index (χ4v) is 4.86. The van der Waals surface area contributed by atoms with Crippen LogP contribution < -0.4 is 20.4 Å². The molecule has 1 unspecified atom stereocenters. The van der Waals surface area contributed by atoms with E-state index in [1.165, 1.54) is 18.4 Å². The Morgan fingerprint density at radius 1 is 1.15 bits per heavy atom. The van der Waals surface area contributed by atoms with Crippen molar-refractivity contribution in [2.75, 3.05) is 53.7 Å². The van der Waals surface area contributed by atoms with Crippen LogP contribution in [0.4, 0.5) is 26.2 Å². The fraction of sp³-hybridized carbons (Fsp3) is 0.409. The van der Waals surface area contributed by atoms with E-state index >= 15 is 0 Å². The van der Waals surface area contributed by atoms with E-state index < -0.39 is 12.3 Å². The van der Waals surface area contributed by atoms with Gasteiger partial charge in [-0.05, 0) is 36.2 Å². The largest absolute Gasteiger partial charge is 0.367 e. The second-order valence-electron chi connectivity index (χ2n) is 8.27. The minimum absolute atomic E-state index is 0.193. The Morgan fingerprint density at radius 2 is 2.00 bits per heavy atom. The molecular formula is C22H25FN8O2S.